The van der Waals surface area contributed by atoms with Gasteiger partial charge in [-0.3, -0.25) is 10.2 Å². The first-order valence-corrected chi connectivity index (χ1v) is 9.05. The van der Waals surface area contributed by atoms with Crippen LogP contribution < -0.4 is 10.6 Å². The van der Waals surface area contributed by atoms with Crippen LogP contribution in [0.5, 0.6) is 0 Å². The van der Waals surface area contributed by atoms with E-state index in [9.17, 15) is 14.3 Å². The maximum Gasteiger partial charge on any atom is 0.255 e. The number of rotatable bonds is 6. The highest BCUT2D eigenvalue weighted by Gasteiger charge is 2.28. The number of nitrogens with zero attached hydrogens (tertiary/aromatic N) is 2. The molecule has 0 aliphatic rings. The highest BCUT2D eigenvalue weighted by molar-refractivity contribution is 6.14. The zero-order valence-corrected chi connectivity index (χ0v) is 16.6. The van der Waals surface area contributed by atoms with Crippen molar-refractivity contribution in [3.05, 3.63) is 53.2 Å². The molecule has 9 heteroatoms. The fraction of sp³-hybridized carbons (Fsp3) is 0.300. The van der Waals surface area contributed by atoms with Gasteiger partial charge in [0.1, 0.15) is 17.0 Å². The summed E-state index contributed by atoms with van der Waals surface area (Å²) in [6.45, 7) is 5.02. The molecule has 3 rings (SSSR count). The predicted octanol–water partition coefficient (Wildman–Crippen LogP) is 2.44. The lowest BCUT2D eigenvalue weighted by molar-refractivity contribution is 0.0710. The van der Waals surface area contributed by atoms with E-state index >= 15 is 0 Å². The summed E-state index contributed by atoms with van der Waals surface area (Å²) in [5, 5.41) is 24.0. The van der Waals surface area contributed by atoms with Gasteiger partial charge >= 0.3 is 0 Å². The molecule has 1 aromatic carbocycles. The van der Waals surface area contributed by atoms with Crippen LogP contribution in [0.3, 0.4) is 0 Å². The highest BCUT2D eigenvalue weighted by atomic mass is 19.1. The van der Waals surface area contributed by atoms with Crippen LogP contribution in [0, 0.1) is 11.2 Å². The average molecular weight is 398 g/mol. The van der Waals surface area contributed by atoms with Crippen LogP contribution in [0.15, 0.2) is 30.6 Å². The molecule has 2 aromatic heterocycles. The number of halogens is 1. The molecule has 0 saturated carbocycles. The Morgan fingerprint density at radius 2 is 2.07 bits per heavy atom. The number of benzene rings is 1. The summed E-state index contributed by atoms with van der Waals surface area (Å²) in [4.78, 5) is 24.3. The van der Waals surface area contributed by atoms with Crippen molar-refractivity contribution in [2.45, 2.75) is 32.4 Å². The molecule has 1 unspecified atom stereocenters. The second-order valence-electron chi connectivity index (χ2n) is 7.32. The van der Waals surface area contributed by atoms with E-state index in [2.05, 4.69) is 25.6 Å². The Hall–Kier alpha value is -3.33. The summed E-state index contributed by atoms with van der Waals surface area (Å²) in [5.41, 5.74) is 1.30. The minimum atomic E-state index is -0.839. The molecule has 1 amide bonds. The summed E-state index contributed by atoms with van der Waals surface area (Å²) in [6.07, 6.45) is 2.15. The third-order valence-electron chi connectivity index (χ3n) is 4.88. The zero-order chi connectivity index (χ0) is 21.3. The molecule has 29 heavy (non-hydrogen) atoms. The fourth-order valence-electron chi connectivity index (χ4n) is 2.73. The normalized spacial score (nSPS) is 12.6. The number of aromatic nitrogens is 3. The standard InChI is InChI=1S/C20H23FN6O2/c1-10(28)20(2,3)27-19(29)13-8-24-18-17(13)26-15(9-25-18)16(22)12-6-5-11(21)7-14(12)23-4/h5-10,22-23,28H,1-4H3,(H,24,25)(H,27,29). The van der Waals surface area contributed by atoms with Crippen molar-refractivity contribution in [2.75, 3.05) is 12.4 Å². The molecular weight excluding hydrogens is 375 g/mol. The molecule has 8 nitrogen and oxygen atoms in total. The molecule has 0 radical (unpaired) electrons. The van der Waals surface area contributed by atoms with Gasteiger partial charge in [-0.15, -0.1) is 0 Å². The van der Waals surface area contributed by atoms with Gasteiger partial charge in [0.05, 0.1) is 29.1 Å². The van der Waals surface area contributed by atoms with Crippen molar-refractivity contribution in [3.63, 3.8) is 0 Å². The van der Waals surface area contributed by atoms with Gasteiger partial charge in [0.15, 0.2) is 5.65 Å². The molecule has 0 fully saturated rings. The van der Waals surface area contributed by atoms with Crippen molar-refractivity contribution in [1.29, 1.82) is 5.41 Å². The van der Waals surface area contributed by atoms with E-state index in [4.69, 9.17) is 5.41 Å². The van der Waals surface area contributed by atoms with Crippen molar-refractivity contribution < 1.29 is 14.3 Å². The summed E-state index contributed by atoms with van der Waals surface area (Å²) in [7, 11) is 1.64. The molecule has 0 bridgehead atoms. The number of carbonyl (C=O) groups excluding carboxylic acids is 1. The van der Waals surface area contributed by atoms with E-state index in [0.717, 1.165) is 0 Å². The van der Waals surface area contributed by atoms with E-state index in [1.54, 1.807) is 27.8 Å². The minimum Gasteiger partial charge on any atom is -0.391 e. The van der Waals surface area contributed by atoms with Crippen LogP contribution >= 0.6 is 0 Å². The number of aliphatic hydroxyl groups excluding tert-OH is 1. The van der Waals surface area contributed by atoms with E-state index < -0.39 is 23.4 Å². The topological polar surface area (TPSA) is 127 Å². The number of nitrogens with one attached hydrogen (secondary N) is 4. The number of fused-ring (bicyclic) bond motifs is 1. The lowest BCUT2D eigenvalue weighted by Gasteiger charge is -2.29. The van der Waals surface area contributed by atoms with E-state index in [-0.39, 0.29) is 17.0 Å². The number of aromatic amines is 1. The van der Waals surface area contributed by atoms with Crippen LogP contribution in [0.4, 0.5) is 10.1 Å². The number of hydrogen-bond donors (Lipinski definition) is 5. The Labute approximate surface area is 167 Å². The van der Waals surface area contributed by atoms with E-state index in [1.165, 1.54) is 30.6 Å². The Kier molecular flexibility index (Phi) is 5.34. The van der Waals surface area contributed by atoms with E-state index in [0.29, 0.717) is 22.4 Å². The number of amides is 1. The largest absolute Gasteiger partial charge is 0.391 e. The number of hydrogen-bond acceptors (Lipinski definition) is 6. The second-order valence-corrected chi connectivity index (χ2v) is 7.32. The zero-order valence-electron chi connectivity index (χ0n) is 16.6. The quantitative estimate of drug-likeness (QED) is 0.408. The second kappa shape index (κ2) is 7.59. The Balaban J connectivity index is 1.99. The molecule has 5 N–H and O–H groups in total. The van der Waals surface area contributed by atoms with Gasteiger partial charge in [-0.1, -0.05) is 0 Å². The lowest BCUT2D eigenvalue weighted by atomic mass is 9.98. The predicted molar refractivity (Wildman–Crippen MR) is 109 cm³/mol. The van der Waals surface area contributed by atoms with E-state index in [1.807, 2.05) is 0 Å². The van der Waals surface area contributed by atoms with Gasteiger partial charge < -0.3 is 20.7 Å². The first-order chi connectivity index (χ1) is 13.6. The molecule has 152 valence electrons. The average Bonchev–Trinajstić information content (AvgIpc) is 3.10. The van der Waals surface area contributed by atoms with Gasteiger partial charge in [0.25, 0.3) is 5.91 Å². The molecule has 1 atom stereocenters. The minimum absolute atomic E-state index is 0.0422. The fourth-order valence-corrected chi connectivity index (χ4v) is 2.73. The first kappa shape index (κ1) is 20.4. The van der Waals surface area contributed by atoms with Gasteiger partial charge in [-0.2, -0.15) is 0 Å². The van der Waals surface area contributed by atoms with Crippen molar-refractivity contribution in [1.82, 2.24) is 20.3 Å². The lowest BCUT2D eigenvalue weighted by Crippen LogP contribution is -2.50. The Bertz CT molecular complexity index is 1090. The third kappa shape index (κ3) is 3.95. The molecule has 2 heterocycles. The van der Waals surface area contributed by atoms with Crippen LogP contribution in [-0.2, 0) is 0 Å². The Morgan fingerprint density at radius 1 is 1.34 bits per heavy atom. The number of carbonyl (C=O) groups is 1. The maximum absolute atomic E-state index is 13.5. The molecule has 0 aliphatic carbocycles. The van der Waals surface area contributed by atoms with Crippen molar-refractivity contribution in [3.8, 4) is 0 Å². The van der Waals surface area contributed by atoms with Crippen LogP contribution in [0.2, 0.25) is 0 Å². The maximum atomic E-state index is 13.5. The summed E-state index contributed by atoms with van der Waals surface area (Å²) in [6, 6.07) is 4.05. The smallest absolute Gasteiger partial charge is 0.255 e. The SMILES string of the molecule is CNc1cc(F)ccc1C(=N)c1cnc2[nH]cc(C(=O)NC(C)(C)C(C)O)c2n1. The number of H-pyrrole nitrogens is 1. The molecule has 0 aliphatic heterocycles. The Morgan fingerprint density at radius 3 is 2.72 bits per heavy atom. The summed E-state index contributed by atoms with van der Waals surface area (Å²) < 4.78 is 13.5. The van der Waals surface area contributed by atoms with Gasteiger partial charge in [0.2, 0.25) is 0 Å². The molecule has 3 aromatic rings. The summed E-state index contributed by atoms with van der Waals surface area (Å²) in [5.74, 6) is -0.837. The molecule has 0 spiro atoms. The third-order valence-corrected chi connectivity index (χ3v) is 4.88. The van der Waals surface area contributed by atoms with Crippen LogP contribution in [0.1, 0.15) is 42.4 Å². The number of aliphatic hydroxyl groups is 1. The van der Waals surface area contributed by atoms with Crippen molar-refractivity contribution in [2.24, 2.45) is 0 Å². The highest BCUT2D eigenvalue weighted by Crippen LogP contribution is 2.22. The van der Waals surface area contributed by atoms with Gasteiger partial charge in [-0.25, -0.2) is 14.4 Å². The molecular formula is C20H23FN6O2. The van der Waals surface area contributed by atoms with Crippen LogP contribution in [0.25, 0.3) is 11.2 Å². The van der Waals surface area contributed by atoms with Crippen molar-refractivity contribution >= 4 is 28.5 Å². The first-order valence-electron chi connectivity index (χ1n) is 9.05. The van der Waals surface area contributed by atoms with Crippen LogP contribution in [-0.4, -0.2) is 50.4 Å². The van der Waals surface area contributed by atoms with Gasteiger partial charge in [0, 0.05) is 24.5 Å². The monoisotopic (exact) mass is 398 g/mol. The number of anilines is 1. The summed E-state index contributed by atoms with van der Waals surface area (Å²) >= 11 is 0. The molecule has 0 saturated heterocycles. The van der Waals surface area contributed by atoms with Gasteiger partial charge in [-0.05, 0) is 39.0 Å².